The van der Waals surface area contributed by atoms with Crippen molar-refractivity contribution in [3.63, 3.8) is 0 Å². The third-order valence-electron chi connectivity index (χ3n) is 4.76. The van der Waals surface area contributed by atoms with E-state index in [0.717, 1.165) is 25.2 Å². The van der Waals surface area contributed by atoms with Gasteiger partial charge in [0, 0.05) is 19.0 Å². The number of carbonyl (C=O) groups excluding carboxylic acids is 1. The molecule has 3 nitrogen and oxygen atoms in total. The van der Waals surface area contributed by atoms with Gasteiger partial charge < -0.3 is 10.6 Å². The highest BCUT2D eigenvalue weighted by Crippen LogP contribution is 2.33. The Morgan fingerprint density at radius 2 is 1.95 bits per heavy atom. The molecule has 0 radical (unpaired) electrons. The van der Waals surface area contributed by atoms with Crippen molar-refractivity contribution in [3.05, 3.63) is 0 Å². The molecule has 1 atom stereocenters. The van der Waals surface area contributed by atoms with Gasteiger partial charge in [0.25, 0.3) is 0 Å². The third kappa shape index (κ3) is 5.13. The van der Waals surface area contributed by atoms with E-state index in [0.29, 0.717) is 12.5 Å². The molecule has 0 bridgehead atoms. The number of rotatable bonds is 7. The van der Waals surface area contributed by atoms with Crippen LogP contribution in [0.15, 0.2) is 0 Å². The van der Waals surface area contributed by atoms with Crippen molar-refractivity contribution >= 4 is 5.91 Å². The van der Waals surface area contributed by atoms with Gasteiger partial charge in [0.05, 0.1) is 0 Å². The summed E-state index contributed by atoms with van der Waals surface area (Å²) in [6.07, 6.45) is 9.56. The number of hydrogen-bond acceptors (Lipinski definition) is 2. The van der Waals surface area contributed by atoms with Gasteiger partial charge >= 0.3 is 0 Å². The molecule has 1 rings (SSSR count). The fourth-order valence-corrected chi connectivity index (χ4v) is 3.13. The van der Waals surface area contributed by atoms with E-state index in [4.69, 9.17) is 5.73 Å². The fraction of sp³-hybridized carbons (Fsp3) is 0.938. The van der Waals surface area contributed by atoms with Crippen molar-refractivity contribution in [2.24, 2.45) is 17.6 Å². The highest BCUT2D eigenvalue weighted by Gasteiger charge is 2.29. The molecule has 1 aliphatic rings. The Bertz CT molecular complexity index is 259. The summed E-state index contributed by atoms with van der Waals surface area (Å²) >= 11 is 0. The van der Waals surface area contributed by atoms with Gasteiger partial charge in [-0.05, 0) is 51.5 Å². The van der Waals surface area contributed by atoms with Gasteiger partial charge in [0.1, 0.15) is 0 Å². The van der Waals surface area contributed by atoms with E-state index in [-0.39, 0.29) is 12.0 Å². The predicted molar refractivity (Wildman–Crippen MR) is 80.9 cm³/mol. The van der Waals surface area contributed by atoms with Crippen molar-refractivity contribution in [2.45, 2.75) is 71.3 Å². The van der Waals surface area contributed by atoms with Crippen LogP contribution in [0.4, 0.5) is 0 Å². The number of unbranched alkanes of at least 4 members (excludes halogenated alkanes) is 1. The van der Waals surface area contributed by atoms with Gasteiger partial charge in [0.2, 0.25) is 5.91 Å². The lowest BCUT2D eigenvalue weighted by Crippen LogP contribution is -2.41. The quantitative estimate of drug-likeness (QED) is 0.771. The van der Waals surface area contributed by atoms with Gasteiger partial charge in [-0.25, -0.2) is 0 Å². The lowest BCUT2D eigenvalue weighted by atomic mass is 9.79. The molecule has 1 saturated carbocycles. The topological polar surface area (TPSA) is 46.3 Å². The van der Waals surface area contributed by atoms with Crippen molar-refractivity contribution in [1.82, 2.24) is 4.90 Å². The summed E-state index contributed by atoms with van der Waals surface area (Å²) in [5, 5.41) is 0. The molecule has 112 valence electrons. The van der Waals surface area contributed by atoms with Crippen LogP contribution in [0.5, 0.6) is 0 Å². The zero-order valence-corrected chi connectivity index (χ0v) is 13.0. The van der Waals surface area contributed by atoms with Crippen LogP contribution in [0.2, 0.25) is 0 Å². The fourth-order valence-electron chi connectivity index (χ4n) is 3.13. The minimum Gasteiger partial charge on any atom is -0.343 e. The average Bonchev–Trinajstić information content (AvgIpc) is 2.44. The molecular formula is C16H32N2O. The van der Waals surface area contributed by atoms with E-state index in [1.54, 1.807) is 0 Å². The molecule has 0 aromatic heterocycles. The minimum atomic E-state index is 0.267. The summed E-state index contributed by atoms with van der Waals surface area (Å²) in [4.78, 5) is 14.3. The molecule has 0 saturated heterocycles. The van der Waals surface area contributed by atoms with Crippen LogP contribution in [-0.4, -0.2) is 30.4 Å². The summed E-state index contributed by atoms with van der Waals surface area (Å²) in [6.45, 7) is 5.00. The summed E-state index contributed by atoms with van der Waals surface area (Å²) in [6, 6.07) is 0.273. The highest BCUT2D eigenvalue weighted by atomic mass is 16.2. The minimum absolute atomic E-state index is 0.267. The van der Waals surface area contributed by atoms with Crippen LogP contribution in [-0.2, 0) is 4.79 Å². The second-order valence-corrected chi connectivity index (χ2v) is 6.24. The molecule has 1 fully saturated rings. The van der Waals surface area contributed by atoms with Gasteiger partial charge in [-0.2, -0.15) is 0 Å². The predicted octanol–water partition coefficient (Wildman–Crippen LogP) is 3.18. The van der Waals surface area contributed by atoms with E-state index < -0.39 is 0 Å². The average molecular weight is 268 g/mol. The zero-order chi connectivity index (χ0) is 14.3. The molecule has 0 aliphatic heterocycles. The molecule has 0 heterocycles. The largest absolute Gasteiger partial charge is 0.343 e. The standard InChI is InChI=1S/C16H32N2O/c1-4-5-6-14-7-9-15(10-8-14)16(19)18(3)13(2)11-12-17/h13-15H,4-12,17H2,1-3H3. The summed E-state index contributed by atoms with van der Waals surface area (Å²) in [5.41, 5.74) is 5.57. The van der Waals surface area contributed by atoms with Crippen LogP contribution in [0.3, 0.4) is 0 Å². The lowest BCUT2D eigenvalue weighted by Gasteiger charge is -2.33. The van der Waals surface area contributed by atoms with E-state index in [9.17, 15) is 4.79 Å². The maximum Gasteiger partial charge on any atom is 0.225 e. The summed E-state index contributed by atoms with van der Waals surface area (Å²) in [5.74, 6) is 1.48. The first kappa shape index (κ1) is 16.5. The number of carbonyl (C=O) groups is 1. The Labute approximate surface area is 118 Å². The Balaban J connectivity index is 2.35. The molecule has 1 amide bonds. The van der Waals surface area contributed by atoms with Gasteiger partial charge in [0.15, 0.2) is 0 Å². The van der Waals surface area contributed by atoms with Crippen LogP contribution >= 0.6 is 0 Å². The van der Waals surface area contributed by atoms with E-state index in [2.05, 4.69) is 13.8 Å². The van der Waals surface area contributed by atoms with E-state index >= 15 is 0 Å². The number of amides is 1. The third-order valence-corrected chi connectivity index (χ3v) is 4.76. The number of hydrogen-bond donors (Lipinski definition) is 1. The first-order valence-corrected chi connectivity index (χ1v) is 8.06. The summed E-state index contributed by atoms with van der Waals surface area (Å²) in [7, 11) is 1.94. The maximum atomic E-state index is 12.4. The summed E-state index contributed by atoms with van der Waals surface area (Å²) < 4.78 is 0. The normalized spacial score (nSPS) is 25.1. The van der Waals surface area contributed by atoms with Crippen LogP contribution < -0.4 is 5.73 Å². The van der Waals surface area contributed by atoms with Gasteiger partial charge in [-0.1, -0.05) is 26.2 Å². The Morgan fingerprint density at radius 1 is 1.32 bits per heavy atom. The molecule has 0 spiro atoms. The van der Waals surface area contributed by atoms with Crippen molar-refractivity contribution in [1.29, 1.82) is 0 Å². The van der Waals surface area contributed by atoms with Crippen LogP contribution in [0, 0.1) is 11.8 Å². The molecule has 0 aromatic rings. The number of nitrogens with zero attached hydrogens (tertiary/aromatic N) is 1. The van der Waals surface area contributed by atoms with Gasteiger partial charge in [-0.3, -0.25) is 4.79 Å². The van der Waals surface area contributed by atoms with E-state index in [1.807, 2.05) is 11.9 Å². The second kappa shape index (κ2) is 8.57. The maximum absolute atomic E-state index is 12.4. The Hall–Kier alpha value is -0.570. The first-order valence-electron chi connectivity index (χ1n) is 8.06. The molecular weight excluding hydrogens is 236 g/mol. The zero-order valence-electron chi connectivity index (χ0n) is 13.0. The first-order chi connectivity index (χ1) is 9.10. The molecule has 2 N–H and O–H groups in total. The number of nitrogens with two attached hydrogens (primary N) is 1. The molecule has 1 aliphatic carbocycles. The Kier molecular flexibility index (Phi) is 7.44. The SMILES string of the molecule is CCCCC1CCC(C(=O)N(C)C(C)CCN)CC1. The van der Waals surface area contributed by atoms with Crippen molar-refractivity contribution in [3.8, 4) is 0 Å². The molecule has 3 heteroatoms. The molecule has 1 unspecified atom stereocenters. The van der Waals surface area contributed by atoms with Crippen LogP contribution in [0.1, 0.15) is 65.2 Å². The van der Waals surface area contributed by atoms with Crippen LogP contribution in [0.25, 0.3) is 0 Å². The molecule has 19 heavy (non-hydrogen) atoms. The highest BCUT2D eigenvalue weighted by molar-refractivity contribution is 5.78. The smallest absolute Gasteiger partial charge is 0.225 e. The monoisotopic (exact) mass is 268 g/mol. The molecule has 0 aromatic carbocycles. The van der Waals surface area contributed by atoms with Crippen molar-refractivity contribution < 1.29 is 4.79 Å². The lowest BCUT2D eigenvalue weighted by molar-refractivity contribution is -0.137. The second-order valence-electron chi connectivity index (χ2n) is 6.24. The van der Waals surface area contributed by atoms with Crippen molar-refractivity contribution in [2.75, 3.05) is 13.6 Å². The Morgan fingerprint density at radius 3 is 2.47 bits per heavy atom. The van der Waals surface area contributed by atoms with Gasteiger partial charge in [-0.15, -0.1) is 0 Å². The van der Waals surface area contributed by atoms with E-state index in [1.165, 1.54) is 32.1 Å².